The Kier molecular flexibility index (Phi) is 6.03. The molecule has 1 amide bonds. The molecule has 5 heteroatoms. The number of rotatable bonds is 6. The lowest BCUT2D eigenvalue weighted by Gasteiger charge is -2.35. The van der Waals surface area contributed by atoms with E-state index in [0.717, 1.165) is 24.6 Å². The Morgan fingerprint density at radius 1 is 1.41 bits per heavy atom. The highest BCUT2D eigenvalue weighted by atomic mass is 16.5. The molecule has 1 aliphatic rings. The highest BCUT2D eigenvalue weighted by Gasteiger charge is 2.26. The summed E-state index contributed by atoms with van der Waals surface area (Å²) in [6.45, 7) is 8.85. The molecular weight excluding hydrogens is 280 g/mol. The maximum atomic E-state index is 12.4. The van der Waals surface area contributed by atoms with E-state index in [2.05, 4.69) is 19.2 Å². The summed E-state index contributed by atoms with van der Waals surface area (Å²) in [4.78, 5) is 14.4. The number of likely N-dealkylation sites (tertiary alicyclic amines) is 1. The molecule has 0 radical (unpaired) electrons. The first-order valence-corrected chi connectivity index (χ1v) is 8.06. The first-order valence-electron chi connectivity index (χ1n) is 8.06. The number of furan rings is 1. The highest BCUT2D eigenvalue weighted by Crippen LogP contribution is 2.21. The maximum absolute atomic E-state index is 12.4. The van der Waals surface area contributed by atoms with Crippen molar-refractivity contribution in [1.29, 1.82) is 0 Å². The van der Waals surface area contributed by atoms with E-state index in [4.69, 9.17) is 9.15 Å². The van der Waals surface area contributed by atoms with Crippen LogP contribution in [0, 0.1) is 18.8 Å². The molecule has 1 aromatic heterocycles. The van der Waals surface area contributed by atoms with Gasteiger partial charge in [0.05, 0.1) is 19.2 Å². The summed E-state index contributed by atoms with van der Waals surface area (Å²) in [6.07, 6.45) is 1.20. The van der Waals surface area contributed by atoms with Gasteiger partial charge in [-0.1, -0.05) is 13.8 Å². The molecule has 22 heavy (non-hydrogen) atoms. The van der Waals surface area contributed by atoms with Gasteiger partial charge in [-0.3, -0.25) is 10.1 Å². The van der Waals surface area contributed by atoms with Crippen molar-refractivity contribution >= 4 is 5.91 Å². The van der Waals surface area contributed by atoms with Gasteiger partial charge in [-0.2, -0.15) is 0 Å². The molecule has 1 fully saturated rings. The normalized spacial score (nSPS) is 23.5. The van der Waals surface area contributed by atoms with Crippen molar-refractivity contribution in [2.24, 2.45) is 11.8 Å². The number of carbonyl (C=O) groups is 1. The zero-order valence-corrected chi connectivity index (χ0v) is 14.1. The summed E-state index contributed by atoms with van der Waals surface area (Å²) in [7, 11) is 1.65. The second-order valence-electron chi connectivity index (χ2n) is 6.58. The molecule has 1 N–H and O–H groups in total. The number of hydrogen-bond acceptors (Lipinski definition) is 4. The van der Waals surface area contributed by atoms with Crippen molar-refractivity contribution in [3.8, 4) is 0 Å². The largest absolute Gasteiger partial charge is 0.465 e. The Labute approximate surface area is 133 Å². The molecule has 2 rings (SSSR count). The van der Waals surface area contributed by atoms with Crippen LogP contribution in [0.25, 0.3) is 0 Å². The molecule has 1 aliphatic heterocycles. The number of aryl methyl sites for hydroxylation is 1. The van der Waals surface area contributed by atoms with E-state index in [0.29, 0.717) is 25.0 Å². The fraction of sp³-hybridized carbons (Fsp3) is 0.706. The number of amides is 1. The van der Waals surface area contributed by atoms with Gasteiger partial charge in [-0.15, -0.1) is 0 Å². The van der Waals surface area contributed by atoms with Crippen molar-refractivity contribution < 1.29 is 13.9 Å². The number of methoxy groups -OCH3 is 1. The van der Waals surface area contributed by atoms with E-state index >= 15 is 0 Å². The molecule has 0 aliphatic carbocycles. The predicted octanol–water partition coefficient (Wildman–Crippen LogP) is 2.37. The van der Waals surface area contributed by atoms with Crippen molar-refractivity contribution in [3.05, 3.63) is 23.7 Å². The highest BCUT2D eigenvalue weighted by molar-refractivity contribution is 5.78. The molecule has 124 valence electrons. The van der Waals surface area contributed by atoms with Crippen LogP contribution in [0.4, 0.5) is 0 Å². The molecular formula is C17H28N2O3. The molecule has 0 spiro atoms. The quantitative estimate of drug-likeness (QED) is 0.876. The van der Waals surface area contributed by atoms with Crippen molar-refractivity contribution in [1.82, 2.24) is 10.2 Å². The smallest absolute Gasteiger partial charge is 0.236 e. The second kappa shape index (κ2) is 7.79. The number of piperidine rings is 1. The molecule has 0 unspecified atom stereocenters. The summed E-state index contributed by atoms with van der Waals surface area (Å²) >= 11 is 0. The molecule has 1 aromatic rings. The standard InChI is InChI=1S/C17H28N2O3/c1-12-7-13(2)10-19(9-12)17(20)8-18-15(11-21-4)16-6-5-14(3)22-16/h5-6,12-13,15,18H,7-11H2,1-4H3/t12-,13-,15+/m1/s1. The zero-order chi connectivity index (χ0) is 16.1. The Balaban J connectivity index is 1.90. The molecule has 1 saturated heterocycles. The third-order valence-corrected chi connectivity index (χ3v) is 4.16. The van der Waals surface area contributed by atoms with Crippen LogP contribution < -0.4 is 5.32 Å². The van der Waals surface area contributed by atoms with Crippen LogP contribution in [0.15, 0.2) is 16.5 Å². The number of ether oxygens (including phenoxy) is 1. The predicted molar refractivity (Wildman–Crippen MR) is 85.6 cm³/mol. The lowest BCUT2D eigenvalue weighted by Crippen LogP contribution is -2.46. The minimum absolute atomic E-state index is 0.0951. The van der Waals surface area contributed by atoms with Gasteiger partial charge in [0.1, 0.15) is 11.5 Å². The number of hydrogen-bond donors (Lipinski definition) is 1. The molecule has 0 aromatic carbocycles. The van der Waals surface area contributed by atoms with Gasteiger partial charge >= 0.3 is 0 Å². The molecule has 2 heterocycles. The maximum Gasteiger partial charge on any atom is 0.236 e. The van der Waals surface area contributed by atoms with E-state index in [1.54, 1.807) is 7.11 Å². The third-order valence-electron chi connectivity index (χ3n) is 4.16. The fourth-order valence-corrected chi connectivity index (χ4v) is 3.24. The molecule has 0 bridgehead atoms. The van der Waals surface area contributed by atoms with E-state index in [9.17, 15) is 4.79 Å². The van der Waals surface area contributed by atoms with Crippen molar-refractivity contribution in [2.75, 3.05) is 33.4 Å². The van der Waals surface area contributed by atoms with Crippen LogP contribution >= 0.6 is 0 Å². The van der Waals surface area contributed by atoms with E-state index in [1.165, 1.54) is 6.42 Å². The van der Waals surface area contributed by atoms with Gasteiger partial charge in [0.25, 0.3) is 0 Å². The lowest BCUT2D eigenvalue weighted by molar-refractivity contribution is -0.133. The Morgan fingerprint density at radius 2 is 2.09 bits per heavy atom. The second-order valence-corrected chi connectivity index (χ2v) is 6.58. The lowest BCUT2D eigenvalue weighted by atomic mass is 9.92. The van der Waals surface area contributed by atoms with Gasteiger partial charge in [-0.05, 0) is 37.3 Å². The third kappa shape index (κ3) is 4.58. The summed E-state index contributed by atoms with van der Waals surface area (Å²) in [5.74, 6) is 2.99. The van der Waals surface area contributed by atoms with Crippen LogP contribution in [0.3, 0.4) is 0 Å². The van der Waals surface area contributed by atoms with Crippen molar-refractivity contribution in [2.45, 2.75) is 33.2 Å². The van der Waals surface area contributed by atoms with Crippen LogP contribution in [-0.2, 0) is 9.53 Å². The van der Waals surface area contributed by atoms with Gasteiger partial charge in [0.2, 0.25) is 5.91 Å². The number of nitrogens with one attached hydrogen (secondary N) is 1. The van der Waals surface area contributed by atoms with Crippen LogP contribution in [-0.4, -0.2) is 44.2 Å². The zero-order valence-electron chi connectivity index (χ0n) is 14.1. The fourth-order valence-electron chi connectivity index (χ4n) is 3.24. The monoisotopic (exact) mass is 308 g/mol. The summed E-state index contributed by atoms with van der Waals surface area (Å²) < 4.78 is 10.9. The minimum atomic E-state index is -0.0951. The Morgan fingerprint density at radius 3 is 2.64 bits per heavy atom. The van der Waals surface area contributed by atoms with Crippen molar-refractivity contribution in [3.63, 3.8) is 0 Å². The number of nitrogens with zero attached hydrogens (tertiary/aromatic N) is 1. The molecule has 5 nitrogen and oxygen atoms in total. The van der Waals surface area contributed by atoms with Gasteiger partial charge in [0, 0.05) is 20.2 Å². The van der Waals surface area contributed by atoms with E-state index < -0.39 is 0 Å². The summed E-state index contributed by atoms with van der Waals surface area (Å²) in [5.41, 5.74) is 0. The summed E-state index contributed by atoms with van der Waals surface area (Å²) in [6, 6.07) is 3.76. The minimum Gasteiger partial charge on any atom is -0.465 e. The number of carbonyl (C=O) groups excluding carboxylic acids is 1. The van der Waals surface area contributed by atoms with Crippen LogP contribution in [0.2, 0.25) is 0 Å². The first-order chi connectivity index (χ1) is 10.5. The van der Waals surface area contributed by atoms with Crippen LogP contribution in [0.1, 0.15) is 37.8 Å². The summed E-state index contributed by atoms with van der Waals surface area (Å²) in [5, 5.41) is 3.27. The Hall–Kier alpha value is -1.33. The van der Waals surface area contributed by atoms with Crippen LogP contribution in [0.5, 0.6) is 0 Å². The molecule has 3 atom stereocenters. The first kappa shape index (κ1) is 17.0. The van der Waals surface area contributed by atoms with E-state index in [-0.39, 0.29) is 11.9 Å². The van der Waals surface area contributed by atoms with Gasteiger partial charge in [0.15, 0.2) is 0 Å². The average molecular weight is 308 g/mol. The SMILES string of the molecule is COC[C@H](NCC(=O)N1C[C@H](C)C[C@@H](C)C1)c1ccc(C)o1. The van der Waals surface area contributed by atoms with Gasteiger partial charge < -0.3 is 14.1 Å². The molecule has 0 saturated carbocycles. The van der Waals surface area contributed by atoms with E-state index in [1.807, 2.05) is 24.0 Å². The van der Waals surface area contributed by atoms with Gasteiger partial charge in [-0.25, -0.2) is 0 Å². The topological polar surface area (TPSA) is 54.7 Å². The average Bonchev–Trinajstić information content (AvgIpc) is 2.88. The Bertz CT molecular complexity index is 476.